The Bertz CT molecular complexity index is 932. The average Bonchev–Trinajstić information content (AvgIpc) is 2.71. The minimum Gasteiger partial charge on any atom is -0.487 e. The molecule has 1 N–H and O–H groups in total. The molecule has 4 rings (SSSR count). The van der Waals surface area contributed by atoms with E-state index in [0.717, 1.165) is 30.8 Å². The highest BCUT2D eigenvalue weighted by Gasteiger charge is 2.47. The zero-order chi connectivity index (χ0) is 21.3. The van der Waals surface area contributed by atoms with Crippen LogP contribution in [0, 0.1) is 12.8 Å². The Kier molecular flexibility index (Phi) is 5.95. The Morgan fingerprint density at radius 2 is 1.80 bits per heavy atom. The number of ether oxygens (including phenoxy) is 1. The van der Waals surface area contributed by atoms with Gasteiger partial charge in [-0.15, -0.1) is 0 Å². The molecule has 2 unspecified atom stereocenters. The van der Waals surface area contributed by atoms with Crippen molar-refractivity contribution in [1.29, 1.82) is 0 Å². The van der Waals surface area contributed by atoms with Gasteiger partial charge in [0.15, 0.2) is 0 Å². The van der Waals surface area contributed by atoms with E-state index in [1.54, 1.807) is 12.1 Å². The van der Waals surface area contributed by atoms with Gasteiger partial charge in [0.05, 0.1) is 6.04 Å². The first-order valence-electron chi connectivity index (χ1n) is 10.9. The molecule has 30 heavy (non-hydrogen) atoms. The monoisotopic (exact) mass is 409 g/mol. The number of pyridine rings is 1. The molecule has 6 nitrogen and oxygen atoms in total. The van der Waals surface area contributed by atoms with Gasteiger partial charge in [-0.2, -0.15) is 0 Å². The van der Waals surface area contributed by atoms with Crippen molar-refractivity contribution < 1.29 is 9.53 Å². The standard InChI is InChI=1S/C24H31N3O3/c1-16(2)27-15-21(30-19-7-5-4-6-8-19)22(27)18-11-13-26(14-12-18)24(29)20-10-9-17(3)25-23(20)28/h4-10,16,18,21-22H,11-15H2,1-3H3,(H,25,28). The third-order valence-electron chi connectivity index (χ3n) is 6.44. The van der Waals surface area contributed by atoms with Crippen molar-refractivity contribution in [1.82, 2.24) is 14.8 Å². The molecule has 2 fully saturated rings. The topological polar surface area (TPSA) is 65.6 Å². The lowest BCUT2D eigenvalue weighted by atomic mass is 9.79. The number of aromatic amines is 1. The van der Waals surface area contributed by atoms with Crippen molar-refractivity contribution >= 4 is 5.91 Å². The maximum atomic E-state index is 12.8. The minimum atomic E-state index is -0.302. The Hall–Kier alpha value is -2.60. The maximum Gasteiger partial charge on any atom is 0.260 e. The number of piperidine rings is 1. The normalized spacial score (nSPS) is 22.7. The van der Waals surface area contributed by atoms with Crippen LogP contribution in [0.5, 0.6) is 5.75 Å². The van der Waals surface area contributed by atoms with Gasteiger partial charge in [0.25, 0.3) is 11.5 Å². The number of para-hydroxylation sites is 1. The first kappa shape index (κ1) is 20.7. The third-order valence-corrected chi connectivity index (χ3v) is 6.44. The van der Waals surface area contributed by atoms with E-state index in [0.29, 0.717) is 31.1 Å². The molecule has 160 valence electrons. The lowest BCUT2D eigenvalue weighted by molar-refractivity contribution is -0.0983. The summed E-state index contributed by atoms with van der Waals surface area (Å²) in [5, 5.41) is 0. The van der Waals surface area contributed by atoms with Crippen molar-refractivity contribution in [2.24, 2.45) is 5.92 Å². The van der Waals surface area contributed by atoms with Gasteiger partial charge in [-0.3, -0.25) is 14.5 Å². The van der Waals surface area contributed by atoms with Crippen molar-refractivity contribution in [3.05, 3.63) is 64.1 Å². The number of likely N-dealkylation sites (tertiary alicyclic amines) is 2. The van der Waals surface area contributed by atoms with Crippen molar-refractivity contribution in [3.8, 4) is 5.75 Å². The zero-order valence-electron chi connectivity index (χ0n) is 18.0. The molecule has 0 spiro atoms. The summed E-state index contributed by atoms with van der Waals surface area (Å²) in [5.41, 5.74) is 0.693. The van der Waals surface area contributed by atoms with Crippen LogP contribution in [-0.2, 0) is 0 Å². The SMILES string of the molecule is Cc1ccc(C(=O)N2CCC(C3C(Oc4ccccc4)CN3C(C)C)CC2)c(=O)[nH]1. The molecule has 0 bridgehead atoms. The predicted molar refractivity (Wildman–Crippen MR) is 117 cm³/mol. The van der Waals surface area contributed by atoms with Gasteiger partial charge in [0.1, 0.15) is 17.4 Å². The Morgan fingerprint density at radius 1 is 1.10 bits per heavy atom. The first-order valence-corrected chi connectivity index (χ1v) is 10.9. The highest BCUT2D eigenvalue weighted by atomic mass is 16.5. The number of hydrogen-bond acceptors (Lipinski definition) is 4. The van der Waals surface area contributed by atoms with E-state index in [1.165, 1.54) is 0 Å². The summed E-state index contributed by atoms with van der Waals surface area (Å²) in [6.07, 6.45) is 2.04. The molecule has 2 saturated heterocycles. The van der Waals surface area contributed by atoms with Gasteiger partial charge in [-0.05, 0) is 63.8 Å². The summed E-state index contributed by atoms with van der Waals surface area (Å²) in [4.78, 5) is 32.1. The Balaban J connectivity index is 1.41. The molecule has 2 atom stereocenters. The Morgan fingerprint density at radius 3 is 2.43 bits per heavy atom. The summed E-state index contributed by atoms with van der Waals surface area (Å²) in [6.45, 7) is 8.57. The summed E-state index contributed by atoms with van der Waals surface area (Å²) in [5.74, 6) is 1.23. The number of H-pyrrole nitrogens is 1. The van der Waals surface area contributed by atoms with Crippen LogP contribution < -0.4 is 10.3 Å². The molecule has 2 aromatic rings. The Labute approximate surface area is 177 Å². The number of aromatic nitrogens is 1. The van der Waals surface area contributed by atoms with Crippen molar-refractivity contribution in [2.45, 2.75) is 51.8 Å². The lowest BCUT2D eigenvalue weighted by Gasteiger charge is -2.54. The van der Waals surface area contributed by atoms with Crippen LogP contribution in [0.1, 0.15) is 42.7 Å². The number of rotatable bonds is 5. The van der Waals surface area contributed by atoms with Crippen molar-refractivity contribution in [3.63, 3.8) is 0 Å². The molecular weight excluding hydrogens is 378 g/mol. The zero-order valence-corrected chi connectivity index (χ0v) is 18.0. The molecule has 2 aliphatic rings. The molecule has 0 radical (unpaired) electrons. The van der Waals surface area contributed by atoms with Crippen LogP contribution in [-0.4, -0.2) is 58.5 Å². The summed E-state index contributed by atoms with van der Waals surface area (Å²) in [6, 6.07) is 14.3. The van der Waals surface area contributed by atoms with Crippen LogP contribution in [0.15, 0.2) is 47.3 Å². The lowest BCUT2D eigenvalue weighted by Crippen LogP contribution is -2.68. The fourth-order valence-corrected chi connectivity index (χ4v) is 4.78. The summed E-state index contributed by atoms with van der Waals surface area (Å²) >= 11 is 0. The number of carbonyl (C=O) groups is 1. The molecule has 3 heterocycles. The van der Waals surface area contributed by atoms with E-state index in [-0.39, 0.29) is 23.1 Å². The van der Waals surface area contributed by atoms with Crippen molar-refractivity contribution in [2.75, 3.05) is 19.6 Å². The molecule has 2 aliphatic heterocycles. The molecule has 1 amide bonds. The summed E-state index contributed by atoms with van der Waals surface area (Å²) in [7, 11) is 0. The largest absolute Gasteiger partial charge is 0.487 e. The van der Waals surface area contributed by atoms with Gasteiger partial charge in [-0.1, -0.05) is 18.2 Å². The molecule has 0 saturated carbocycles. The minimum absolute atomic E-state index is 0.166. The molecule has 6 heteroatoms. The molecule has 1 aromatic heterocycles. The molecule has 1 aromatic carbocycles. The van der Waals surface area contributed by atoms with E-state index in [1.807, 2.05) is 42.2 Å². The fraction of sp³-hybridized carbons (Fsp3) is 0.500. The number of hydrogen-bond donors (Lipinski definition) is 1. The number of amides is 1. The summed E-state index contributed by atoms with van der Waals surface area (Å²) < 4.78 is 6.30. The smallest absolute Gasteiger partial charge is 0.260 e. The molecular formula is C24H31N3O3. The second kappa shape index (κ2) is 8.64. The number of nitrogens with zero attached hydrogens (tertiary/aromatic N) is 2. The number of carbonyl (C=O) groups excluding carboxylic acids is 1. The first-order chi connectivity index (χ1) is 14.4. The van der Waals surface area contributed by atoms with Gasteiger partial charge < -0.3 is 14.6 Å². The number of nitrogens with one attached hydrogen (secondary N) is 1. The van der Waals surface area contributed by atoms with Gasteiger partial charge in [0.2, 0.25) is 0 Å². The fourth-order valence-electron chi connectivity index (χ4n) is 4.78. The van der Waals surface area contributed by atoms with Gasteiger partial charge >= 0.3 is 0 Å². The van der Waals surface area contributed by atoms with Crippen LogP contribution in [0.3, 0.4) is 0 Å². The molecule has 0 aliphatic carbocycles. The average molecular weight is 410 g/mol. The van der Waals surface area contributed by atoms with Crippen LogP contribution in [0.4, 0.5) is 0 Å². The van der Waals surface area contributed by atoms with Gasteiger partial charge in [-0.25, -0.2) is 0 Å². The maximum absolute atomic E-state index is 12.8. The number of benzene rings is 1. The van der Waals surface area contributed by atoms with E-state index in [2.05, 4.69) is 23.7 Å². The second-order valence-corrected chi connectivity index (χ2v) is 8.76. The van der Waals surface area contributed by atoms with Crippen LogP contribution >= 0.6 is 0 Å². The third kappa shape index (κ3) is 4.15. The van der Waals surface area contributed by atoms with E-state index in [9.17, 15) is 9.59 Å². The predicted octanol–water partition coefficient (Wildman–Crippen LogP) is 3.08. The number of aryl methyl sites for hydroxylation is 1. The highest BCUT2D eigenvalue weighted by Crippen LogP contribution is 2.36. The second-order valence-electron chi connectivity index (χ2n) is 8.76. The van der Waals surface area contributed by atoms with E-state index < -0.39 is 0 Å². The van der Waals surface area contributed by atoms with Crippen LogP contribution in [0.25, 0.3) is 0 Å². The van der Waals surface area contributed by atoms with Crippen LogP contribution in [0.2, 0.25) is 0 Å². The van der Waals surface area contributed by atoms with E-state index >= 15 is 0 Å². The quantitative estimate of drug-likeness (QED) is 0.824. The highest BCUT2D eigenvalue weighted by molar-refractivity contribution is 5.93. The van der Waals surface area contributed by atoms with E-state index in [4.69, 9.17) is 4.74 Å². The van der Waals surface area contributed by atoms with Gasteiger partial charge in [0, 0.05) is 31.4 Å².